The van der Waals surface area contributed by atoms with Crippen LogP contribution >= 0.6 is 11.6 Å². The molecule has 4 aromatic rings. The molecule has 0 spiro atoms. The maximum atomic E-state index is 14.9. The lowest BCUT2D eigenvalue weighted by Crippen LogP contribution is -2.34. The quantitative estimate of drug-likeness (QED) is 0.216. The molecule has 0 saturated heterocycles. The first kappa shape index (κ1) is 30.0. The van der Waals surface area contributed by atoms with Gasteiger partial charge >= 0.3 is 6.09 Å². The van der Waals surface area contributed by atoms with Crippen LogP contribution < -0.4 is 15.4 Å². The SMILES string of the molecule is CC(C)(C)OC(=O)NCCn1ccc2ncnc(Nc3ccc(Oc4cccc(C(F)(F)C(C)(C)C)c4)c(Cl)c3)c21. The summed E-state index contributed by atoms with van der Waals surface area (Å²) in [5, 5.41) is 6.29. The minimum Gasteiger partial charge on any atom is -0.456 e. The molecule has 2 heterocycles. The van der Waals surface area contributed by atoms with Gasteiger partial charge in [-0.1, -0.05) is 44.5 Å². The fourth-order valence-corrected chi connectivity index (χ4v) is 4.24. The Labute approximate surface area is 243 Å². The lowest BCUT2D eigenvalue weighted by atomic mass is 9.83. The fraction of sp³-hybridized carbons (Fsp3) is 0.367. The van der Waals surface area contributed by atoms with Crippen molar-refractivity contribution in [2.24, 2.45) is 5.41 Å². The van der Waals surface area contributed by atoms with Crippen molar-refractivity contribution in [3.05, 3.63) is 71.6 Å². The van der Waals surface area contributed by atoms with Gasteiger partial charge in [-0.15, -0.1) is 0 Å². The van der Waals surface area contributed by atoms with Gasteiger partial charge in [0.15, 0.2) is 5.82 Å². The summed E-state index contributed by atoms with van der Waals surface area (Å²) in [6, 6.07) is 12.8. The van der Waals surface area contributed by atoms with Crippen LogP contribution in [-0.4, -0.2) is 32.8 Å². The van der Waals surface area contributed by atoms with Gasteiger partial charge in [-0.05, 0) is 57.2 Å². The minimum absolute atomic E-state index is 0.131. The summed E-state index contributed by atoms with van der Waals surface area (Å²) in [7, 11) is 0. The second-order valence-corrected chi connectivity index (χ2v) is 12.0. The number of carbonyl (C=O) groups is 1. The van der Waals surface area contributed by atoms with Crippen LogP contribution in [0.4, 0.5) is 25.1 Å². The third kappa shape index (κ3) is 7.24. The van der Waals surface area contributed by atoms with E-state index < -0.39 is 23.0 Å². The lowest BCUT2D eigenvalue weighted by molar-refractivity contribution is -0.104. The normalized spacial score (nSPS) is 12.3. The van der Waals surface area contributed by atoms with Crippen LogP contribution in [0.2, 0.25) is 5.02 Å². The Morgan fingerprint density at radius 1 is 1.02 bits per heavy atom. The first-order valence-electron chi connectivity index (χ1n) is 13.1. The Bertz CT molecular complexity index is 1540. The molecule has 41 heavy (non-hydrogen) atoms. The first-order valence-corrected chi connectivity index (χ1v) is 13.5. The summed E-state index contributed by atoms with van der Waals surface area (Å²) in [5.41, 5.74) is 0.132. The molecule has 8 nitrogen and oxygen atoms in total. The number of ether oxygens (including phenoxy) is 2. The van der Waals surface area contributed by atoms with Gasteiger partial charge in [0, 0.05) is 36.0 Å². The van der Waals surface area contributed by atoms with E-state index in [1.54, 1.807) is 45.0 Å². The van der Waals surface area contributed by atoms with E-state index in [1.165, 1.54) is 45.3 Å². The summed E-state index contributed by atoms with van der Waals surface area (Å²) in [6.07, 6.45) is 2.82. The monoisotopic (exact) mass is 585 g/mol. The van der Waals surface area contributed by atoms with Gasteiger partial charge in [-0.3, -0.25) is 0 Å². The van der Waals surface area contributed by atoms with E-state index in [1.807, 2.05) is 16.8 Å². The van der Waals surface area contributed by atoms with Crippen LogP contribution in [0.5, 0.6) is 11.5 Å². The van der Waals surface area contributed by atoms with Gasteiger partial charge in [-0.25, -0.2) is 23.5 Å². The molecule has 0 radical (unpaired) electrons. The third-order valence-corrected chi connectivity index (χ3v) is 6.43. The number of nitrogens with one attached hydrogen (secondary N) is 2. The Morgan fingerprint density at radius 2 is 1.78 bits per heavy atom. The number of rotatable bonds is 8. The molecule has 0 aliphatic heterocycles. The Hall–Kier alpha value is -3.92. The number of halogens is 3. The standard InChI is InChI=1S/C30H34ClF2N5O3/c1-28(2,3)30(32,33)19-8-7-9-21(16-19)40-24-11-10-20(17-22(24)31)37-26-25-23(35-18-36-26)12-14-38(25)15-13-34-27(39)41-29(4,5)6/h7-12,14,16-18H,13,15H2,1-6H3,(H,34,39)(H,35,36,37). The highest BCUT2D eigenvalue weighted by Crippen LogP contribution is 2.45. The predicted octanol–water partition coefficient (Wildman–Crippen LogP) is 8.28. The lowest BCUT2D eigenvalue weighted by Gasteiger charge is -2.30. The van der Waals surface area contributed by atoms with E-state index >= 15 is 0 Å². The van der Waals surface area contributed by atoms with Crippen molar-refractivity contribution in [2.45, 2.75) is 59.6 Å². The van der Waals surface area contributed by atoms with Gasteiger partial charge in [0.2, 0.25) is 0 Å². The number of hydrogen-bond donors (Lipinski definition) is 2. The van der Waals surface area contributed by atoms with Gasteiger partial charge in [-0.2, -0.15) is 0 Å². The molecule has 0 bridgehead atoms. The Balaban J connectivity index is 1.48. The number of hydrogen-bond acceptors (Lipinski definition) is 6. The molecule has 0 fully saturated rings. The van der Waals surface area contributed by atoms with Crippen molar-refractivity contribution in [1.82, 2.24) is 19.9 Å². The molecule has 11 heteroatoms. The average molecular weight is 586 g/mol. The third-order valence-electron chi connectivity index (χ3n) is 6.13. The topological polar surface area (TPSA) is 90.3 Å². The number of anilines is 2. The second-order valence-electron chi connectivity index (χ2n) is 11.6. The summed E-state index contributed by atoms with van der Waals surface area (Å²) in [4.78, 5) is 20.7. The highest BCUT2D eigenvalue weighted by molar-refractivity contribution is 6.32. The van der Waals surface area contributed by atoms with Crippen molar-refractivity contribution in [1.29, 1.82) is 0 Å². The zero-order chi connectivity index (χ0) is 30.0. The molecule has 1 amide bonds. The predicted molar refractivity (Wildman–Crippen MR) is 156 cm³/mol. The average Bonchev–Trinajstić information content (AvgIpc) is 3.28. The van der Waals surface area contributed by atoms with Crippen molar-refractivity contribution < 1.29 is 23.0 Å². The highest BCUT2D eigenvalue weighted by atomic mass is 35.5. The number of benzene rings is 2. The fourth-order valence-electron chi connectivity index (χ4n) is 4.02. The molecule has 4 rings (SSSR count). The van der Waals surface area contributed by atoms with Crippen LogP contribution in [-0.2, 0) is 17.2 Å². The van der Waals surface area contributed by atoms with Crippen LogP contribution in [0.3, 0.4) is 0 Å². The molecule has 0 saturated carbocycles. The van der Waals surface area contributed by atoms with E-state index in [0.717, 1.165) is 11.0 Å². The van der Waals surface area contributed by atoms with E-state index in [9.17, 15) is 13.6 Å². The molecule has 218 valence electrons. The van der Waals surface area contributed by atoms with Crippen LogP contribution in [0.1, 0.15) is 47.1 Å². The summed E-state index contributed by atoms with van der Waals surface area (Å²) in [5.74, 6) is -1.93. The van der Waals surface area contributed by atoms with Crippen molar-refractivity contribution in [2.75, 3.05) is 11.9 Å². The largest absolute Gasteiger partial charge is 0.456 e. The number of aromatic nitrogens is 3. The molecule has 0 aliphatic carbocycles. The van der Waals surface area contributed by atoms with Gasteiger partial charge in [0.1, 0.15) is 28.9 Å². The molecule has 2 aromatic heterocycles. The number of carbonyl (C=O) groups excluding carboxylic acids is 1. The number of fused-ring (bicyclic) bond motifs is 1. The van der Waals surface area contributed by atoms with Crippen molar-refractivity contribution >= 4 is 40.2 Å². The molecule has 0 aliphatic rings. The zero-order valence-corrected chi connectivity index (χ0v) is 24.6. The van der Waals surface area contributed by atoms with E-state index in [-0.39, 0.29) is 16.3 Å². The smallest absolute Gasteiger partial charge is 0.407 e. The number of amides is 1. The van der Waals surface area contributed by atoms with Gasteiger partial charge < -0.3 is 24.7 Å². The van der Waals surface area contributed by atoms with Crippen LogP contribution in [0.25, 0.3) is 11.0 Å². The summed E-state index contributed by atoms with van der Waals surface area (Å²) >= 11 is 6.52. The van der Waals surface area contributed by atoms with Crippen LogP contribution in [0, 0.1) is 5.41 Å². The summed E-state index contributed by atoms with van der Waals surface area (Å²) < 4.78 is 42.8. The minimum atomic E-state index is -3.05. The van der Waals surface area contributed by atoms with Gasteiger partial charge in [0.05, 0.1) is 10.5 Å². The van der Waals surface area contributed by atoms with Crippen LogP contribution in [0.15, 0.2) is 61.1 Å². The summed E-state index contributed by atoms with van der Waals surface area (Å²) in [6.45, 7) is 10.7. The molecular weight excluding hydrogens is 552 g/mol. The molecule has 0 unspecified atom stereocenters. The van der Waals surface area contributed by atoms with E-state index in [2.05, 4.69) is 20.6 Å². The number of alkyl carbamates (subject to hydrolysis) is 1. The molecule has 2 aromatic carbocycles. The van der Waals surface area contributed by atoms with Crippen molar-refractivity contribution in [3.63, 3.8) is 0 Å². The number of nitrogens with zero attached hydrogens (tertiary/aromatic N) is 3. The molecule has 0 atom stereocenters. The van der Waals surface area contributed by atoms with Gasteiger partial charge in [0.25, 0.3) is 5.92 Å². The Kier molecular flexibility index (Phi) is 8.44. The maximum absolute atomic E-state index is 14.9. The molecular formula is C30H34ClF2N5O3. The molecule has 2 N–H and O–H groups in total. The maximum Gasteiger partial charge on any atom is 0.407 e. The van der Waals surface area contributed by atoms with Crippen molar-refractivity contribution in [3.8, 4) is 11.5 Å². The first-order chi connectivity index (χ1) is 19.1. The highest BCUT2D eigenvalue weighted by Gasteiger charge is 2.44. The van der Waals surface area contributed by atoms with E-state index in [0.29, 0.717) is 30.3 Å². The van der Waals surface area contributed by atoms with E-state index in [4.69, 9.17) is 21.1 Å². The zero-order valence-electron chi connectivity index (χ0n) is 23.9. The second kappa shape index (κ2) is 11.5. The Morgan fingerprint density at radius 3 is 2.46 bits per heavy atom. The number of alkyl halides is 2.